The van der Waals surface area contributed by atoms with E-state index < -0.39 is 4.92 Å². The van der Waals surface area contributed by atoms with Crippen molar-refractivity contribution in [2.24, 2.45) is 5.16 Å². The van der Waals surface area contributed by atoms with Gasteiger partial charge in [-0.2, -0.15) is 5.26 Å². The second-order valence-corrected chi connectivity index (χ2v) is 8.63. The summed E-state index contributed by atoms with van der Waals surface area (Å²) in [4.78, 5) is 15.8. The molecule has 7 nitrogen and oxygen atoms in total. The monoisotopic (exact) mass is 639 g/mol. The molecule has 0 N–H and O–H groups in total. The predicted octanol–water partition coefficient (Wildman–Crippen LogP) is 5.81. The molecule has 0 bridgehead atoms. The van der Waals surface area contributed by atoms with Gasteiger partial charge in [-0.05, 0) is 74.5 Å². The largest absolute Gasteiger partial charge is 0.487 e. The Bertz CT molecular complexity index is 1150. The summed E-state index contributed by atoms with van der Waals surface area (Å²) in [5.41, 5.74) is 2.93. The lowest BCUT2D eigenvalue weighted by atomic mass is 10.1. The Morgan fingerprint density at radius 2 is 1.81 bits per heavy atom. The first kappa shape index (κ1) is 23.0. The van der Waals surface area contributed by atoms with Crippen LogP contribution in [0.5, 0.6) is 5.75 Å². The first-order chi connectivity index (χ1) is 15.0. The van der Waals surface area contributed by atoms with Crippen molar-refractivity contribution in [1.82, 2.24) is 0 Å². The molecule has 0 radical (unpaired) electrons. The molecule has 0 heterocycles. The quantitative estimate of drug-likeness (QED) is 0.134. The third-order valence-corrected chi connectivity index (χ3v) is 5.76. The van der Waals surface area contributed by atoms with Gasteiger partial charge in [0, 0.05) is 17.7 Å². The van der Waals surface area contributed by atoms with Crippen molar-refractivity contribution in [2.45, 2.75) is 13.2 Å². The van der Waals surface area contributed by atoms with Crippen LogP contribution in [0.1, 0.15) is 22.3 Å². The zero-order valence-electron chi connectivity index (χ0n) is 16.0. The molecule has 0 saturated carbocycles. The van der Waals surface area contributed by atoms with Crippen molar-refractivity contribution >= 4 is 57.1 Å². The summed E-state index contributed by atoms with van der Waals surface area (Å²) in [6.45, 7) is 0.432. The second kappa shape index (κ2) is 11.1. The smallest absolute Gasteiger partial charge is 0.269 e. The van der Waals surface area contributed by atoms with Gasteiger partial charge in [-0.3, -0.25) is 10.1 Å². The van der Waals surface area contributed by atoms with Gasteiger partial charge in [-0.25, -0.2) is 0 Å². The molecule has 0 spiro atoms. The van der Waals surface area contributed by atoms with Gasteiger partial charge in [-0.1, -0.05) is 35.5 Å². The van der Waals surface area contributed by atoms with Crippen LogP contribution in [0.2, 0.25) is 0 Å². The summed E-state index contributed by atoms with van der Waals surface area (Å²) in [6.07, 6.45) is 1.60. The maximum absolute atomic E-state index is 10.9. The number of nitro groups is 1. The number of nitro benzene ring substituents is 1. The third-order valence-electron chi connectivity index (χ3n) is 4.16. The molecular formula is C22H15I2N3O4. The van der Waals surface area contributed by atoms with Crippen LogP contribution >= 0.6 is 45.2 Å². The molecule has 31 heavy (non-hydrogen) atoms. The highest BCUT2D eigenvalue weighted by atomic mass is 127. The van der Waals surface area contributed by atoms with E-state index in [9.17, 15) is 10.1 Å². The predicted molar refractivity (Wildman–Crippen MR) is 133 cm³/mol. The molecule has 9 heteroatoms. The van der Waals surface area contributed by atoms with Crippen molar-refractivity contribution in [3.63, 3.8) is 0 Å². The molecule has 0 amide bonds. The lowest BCUT2D eigenvalue weighted by Gasteiger charge is -2.11. The van der Waals surface area contributed by atoms with Gasteiger partial charge >= 0.3 is 0 Å². The van der Waals surface area contributed by atoms with E-state index in [4.69, 9.17) is 14.8 Å². The lowest BCUT2D eigenvalue weighted by Crippen LogP contribution is -2.01. The van der Waals surface area contributed by atoms with E-state index in [0.717, 1.165) is 23.8 Å². The van der Waals surface area contributed by atoms with Crippen molar-refractivity contribution in [3.8, 4) is 11.8 Å². The average molecular weight is 639 g/mol. The number of nitrogens with zero attached hydrogens (tertiary/aromatic N) is 3. The van der Waals surface area contributed by atoms with Gasteiger partial charge in [0.2, 0.25) is 0 Å². The van der Waals surface area contributed by atoms with E-state index in [2.05, 4.69) is 56.4 Å². The molecule has 0 aliphatic heterocycles. The number of hydrogen-bond acceptors (Lipinski definition) is 6. The van der Waals surface area contributed by atoms with Crippen molar-refractivity contribution in [3.05, 3.63) is 100 Å². The highest BCUT2D eigenvalue weighted by molar-refractivity contribution is 14.1. The Hall–Kier alpha value is -2.72. The van der Waals surface area contributed by atoms with Gasteiger partial charge in [0.15, 0.2) is 0 Å². The summed E-state index contributed by atoms with van der Waals surface area (Å²) in [5, 5.41) is 24.0. The van der Waals surface area contributed by atoms with Crippen LogP contribution in [0.4, 0.5) is 5.69 Å². The van der Waals surface area contributed by atoms with Crippen LogP contribution in [-0.2, 0) is 18.1 Å². The van der Waals surface area contributed by atoms with Gasteiger partial charge in [-0.15, -0.1) is 0 Å². The van der Waals surface area contributed by atoms with Crippen molar-refractivity contribution in [1.29, 1.82) is 5.26 Å². The first-order valence-electron chi connectivity index (χ1n) is 8.96. The van der Waals surface area contributed by atoms with Crippen LogP contribution in [0.15, 0.2) is 65.8 Å². The average Bonchev–Trinajstić information content (AvgIpc) is 2.76. The summed E-state index contributed by atoms with van der Waals surface area (Å²) in [6, 6.07) is 19.5. The van der Waals surface area contributed by atoms with E-state index in [1.165, 1.54) is 12.1 Å². The van der Waals surface area contributed by atoms with E-state index >= 15 is 0 Å². The molecule has 3 aromatic rings. The van der Waals surface area contributed by atoms with E-state index in [0.29, 0.717) is 11.3 Å². The molecule has 0 fully saturated rings. The minimum Gasteiger partial charge on any atom is -0.487 e. The summed E-state index contributed by atoms with van der Waals surface area (Å²) < 4.78 is 7.67. The zero-order chi connectivity index (χ0) is 22.2. The van der Waals surface area contributed by atoms with Crippen LogP contribution in [0.3, 0.4) is 0 Å². The van der Waals surface area contributed by atoms with Gasteiger partial charge in [0.25, 0.3) is 5.69 Å². The fourth-order valence-corrected chi connectivity index (χ4v) is 4.80. The second-order valence-electron chi connectivity index (χ2n) is 6.31. The van der Waals surface area contributed by atoms with E-state index in [1.54, 1.807) is 30.5 Å². The molecule has 0 unspecified atom stereocenters. The van der Waals surface area contributed by atoms with Crippen LogP contribution in [-0.4, -0.2) is 11.1 Å². The Labute approximate surface area is 206 Å². The molecule has 3 aromatic carbocycles. The number of nitriles is 1. The fraction of sp³-hybridized carbons (Fsp3) is 0.0909. The lowest BCUT2D eigenvalue weighted by molar-refractivity contribution is -0.384. The van der Waals surface area contributed by atoms with E-state index in [1.807, 2.05) is 24.3 Å². The number of non-ortho nitro benzene ring substituents is 1. The highest BCUT2D eigenvalue weighted by Crippen LogP contribution is 2.29. The standard InChI is InChI=1S/C22H15I2N3O4/c23-20-9-16(12-26-31-14-18-6-2-1-5-17(18)11-25)10-21(24)22(20)30-13-15-4-3-7-19(8-15)27(28)29/h1-10,12H,13-14H2/b26-12-. The zero-order valence-corrected chi connectivity index (χ0v) is 20.3. The molecule has 0 atom stereocenters. The Morgan fingerprint density at radius 1 is 1.06 bits per heavy atom. The molecule has 0 aromatic heterocycles. The molecule has 156 valence electrons. The number of ether oxygens (including phenoxy) is 1. The summed E-state index contributed by atoms with van der Waals surface area (Å²) >= 11 is 4.35. The fourth-order valence-electron chi connectivity index (χ4n) is 2.67. The minimum atomic E-state index is -0.424. The summed E-state index contributed by atoms with van der Waals surface area (Å²) in [5.74, 6) is 0.703. The maximum atomic E-state index is 10.9. The Kier molecular flexibility index (Phi) is 8.19. The maximum Gasteiger partial charge on any atom is 0.269 e. The molecule has 0 aliphatic rings. The van der Waals surface area contributed by atoms with Crippen molar-refractivity contribution < 1.29 is 14.5 Å². The van der Waals surface area contributed by atoms with Crippen LogP contribution < -0.4 is 4.74 Å². The highest BCUT2D eigenvalue weighted by Gasteiger charge is 2.11. The Morgan fingerprint density at radius 3 is 2.52 bits per heavy atom. The normalized spacial score (nSPS) is 10.6. The number of benzene rings is 3. The third kappa shape index (κ3) is 6.38. The minimum absolute atomic E-state index is 0.0365. The molecular weight excluding hydrogens is 624 g/mol. The van der Waals surface area contributed by atoms with Crippen LogP contribution in [0, 0.1) is 28.6 Å². The number of rotatable bonds is 8. The van der Waals surface area contributed by atoms with Gasteiger partial charge in [0.1, 0.15) is 19.0 Å². The van der Waals surface area contributed by atoms with Crippen LogP contribution in [0.25, 0.3) is 0 Å². The summed E-state index contributed by atoms with van der Waals surface area (Å²) in [7, 11) is 0. The number of halogens is 2. The molecule has 0 aliphatic carbocycles. The van der Waals surface area contributed by atoms with Gasteiger partial charge < -0.3 is 9.57 Å². The van der Waals surface area contributed by atoms with Crippen molar-refractivity contribution in [2.75, 3.05) is 0 Å². The SMILES string of the molecule is N#Cc1ccccc1CO/N=C\c1cc(I)c(OCc2cccc([N+](=O)[O-])c2)c(I)c1. The van der Waals surface area contributed by atoms with Gasteiger partial charge in [0.05, 0.1) is 29.9 Å². The Balaban J connectivity index is 1.63. The number of oxime groups is 1. The first-order valence-corrected chi connectivity index (χ1v) is 11.1. The topological polar surface area (TPSA) is 97.8 Å². The number of hydrogen-bond donors (Lipinski definition) is 0. The molecule has 3 rings (SSSR count). The molecule has 0 saturated heterocycles. The van der Waals surface area contributed by atoms with E-state index in [-0.39, 0.29) is 18.9 Å².